The van der Waals surface area contributed by atoms with E-state index < -0.39 is 5.97 Å². The van der Waals surface area contributed by atoms with Gasteiger partial charge in [-0.2, -0.15) is 0 Å². The van der Waals surface area contributed by atoms with E-state index in [9.17, 15) is 9.59 Å². The number of hydrogen-bond acceptors (Lipinski definition) is 2. The highest BCUT2D eigenvalue weighted by molar-refractivity contribution is 5.85. The number of carboxylic acid groups (broad SMARTS) is 1. The fraction of sp³-hybridized carbons (Fsp3) is 0.360. The van der Waals surface area contributed by atoms with E-state index in [1.807, 2.05) is 49.5 Å². The molecular formula is C25H31NO3. The van der Waals surface area contributed by atoms with E-state index in [0.29, 0.717) is 13.0 Å². The number of amides is 1. The molecule has 0 heterocycles. The Morgan fingerprint density at radius 1 is 0.966 bits per heavy atom. The molecule has 2 aromatic rings. The highest BCUT2D eigenvalue weighted by atomic mass is 16.4. The fourth-order valence-electron chi connectivity index (χ4n) is 3.24. The summed E-state index contributed by atoms with van der Waals surface area (Å²) in [5, 5.41) is 8.72. The van der Waals surface area contributed by atoms with Gasteiger partial charge in [-0.25, -0.2) is 4.79 Å². The van der Waals surface area contributed by atoms with Crippen LogP contribution in [0.4, 0.5) is 0 Å². The summed E-state index contributed by atoms with van der Waals surface area (Å²) < 4.78 is 0. The molecule has 0 atom stereocenters. The maximum atomic E-state index is 12.4. The SMILES string of the molecule is CCCCCCCC(=O)N(C)Cc1cccc(-c2ccc(C=CC(=O)O)cc2)c1. The minimum Gasteiger partial charge on any atom is -0.478 e. The minimum atomic E-state index is -0.957. The Balaban J connectivity index is 1.95. The van der Waals surface area contributed by atoms with Gasteiger partial charge in [-0.3, -0.25) is 4.79 Å². The molecule has 0 aliphatic carbocycles. The quantitative estimate of drug-likeness (QED) is 0.389. The molecule has 0 unspecified atom stereocenters. The van der Waals surface area contributed by atoms with Crippen LogP contribution in [0.2, 0.25) is 0 Å². The van der Waals surface area contributed by atoms with Gasteiger partial charge in [0.25, 0.3) is 0 Å². The molecule has 0 aliphatic heterocycles. The van der Waals surface area contributed by atoms with Crippen molar-refractivity contribution in [1.29, 1.82) is 0 Å². The molecule has 1 amide bonds. The molecule has 0 saturated heterocycles. The van der Waals surface area contributed by atoms with Gasteiger partial charge in [0.15, 0.2) is 0 Å². The van der Waals surface area contributed by atoms with E-state index in [0.717, 1.165) is 41.2 Å². The predicted molar refractivity (Wildman–Crippen MR) is 118 cm³/mol. The molecule has 0 radical (unpaired) electrons. The van der Waals surface area contributed by atoms with E-state index in [4.69, 9.17) is 5.11 Å². The Morgan fingerprint density at radius 2 is 1.69 bits per heavy atom. The van der Waals surface area contributed by atoms with Gasteiger partial charge in [-0.15, -0.1) is 0 Å². The van der Waals surface area contributed by atoms with Gasteiger partial charge in [0, 0.05) is 26.1 Å². The van der Waals surface area contributed by atoms with Gasteiger partial charge in [0.05, 0.1) is 0 Å². The lowest BCUT2D eigenvalue weighted by Crippen LogP contribution is -2.25. The Labute approximate surface area is 173 Å². The van der Waals surface area contributed by atoms with E-state index in [1.54, 1.807) is 11.0 Å². The van der Waals surface area contributed by atoms with E-state index in [-0.39, 0.29) is 5.91 Å². The molecule has 2 rings (SSSR count). The number of aliphatic carboxylic acids is 1. The summed E-state index contributed by atoms with van der Waals surface area (Å²) in [4.78, 5) is 24.8. The number of hydrogen-bond donors (Lipinski definition) is 1. The molecule has 2 aromatic carbocycles. The lowest BCUT2D eigenvalue weighted by molar-refractivity contribution is -0.131. The van der Waals surface area contributed by atoms with Gasteiger partial charge in [-0.05, 0) is 40.8 Å². The molecule has 0 fully saturated rings. The summed E-state index contributed by atoms with van der Waals surface area (Å²) >= 11 is 0. The van der Waals surface area contributed by atoms with Crippen molar-refractivity contribution >= 4 is 18.0 Å². The normalized spacial score (nSPS) is 11.0. The van der Waals surface area contributed by atoms with Crippen molar-refractivity contribution < 1.29 is 14.7 Å². The van der Waals surface area contributed by atoms with Gasteiger partial charge in [0.1, 0.15) is 0 Å². The van der Waals surface area contributed by atoms with Crippen molar-refractivity contribution in [3.63, 3.8) is 0 Å². The van der Waals surface area contributed by atoms with Crippen LogP contribution in [0, 0.1) is 0 Å². The summed E-state index contributed by atoms with van der Waals surface area (Å²) in [6, 6.07) is 15.9. The van der Waals surface area contributed by atoms with Gasteiger partial charge in [-0.1, -0.05) is 75.1 Å². The van der Waals surface area contributed by atoms with Crippen molar-refractivity contribution in [3.8, 4) is 11.1 Å². The largest absolute Gasteiger partial charge is 0.478 e. The van der Waals surface area contributed by atoms with Crippen LogP contribution < -0.4 is 0 Å². The van der Waals surface area contributed by atoms with Crippen LogP contribution >= 0.6 is 0 Å². The highest BCUT2D eigenvalue weighted by Crippen LogP contribution is 2.22. The second-order valence-electron chi connectivity index (χ2n) is 7.41. The van der Waals surface area contributed by atoms with E-state index >= 15 is 0 Å². The number of nitrogens with zero attached hydrogens (tertiary/aromatic N) is 1. The number of unbranched alkanes of at least 4 members (excludes halogenated alkanes) is 4. The Kier molecular flexibility index (Phi) is 9.16. The average Bonchev–Trinajstić information content (AvgIpc) is 2.72. The molecule has 29 heavy (non-hydrogen) atoms. The molecule has 0 bridgehead atoms. The Morgan fingerprint density at radius 3 is 2.38 bits per heavy atom. The zero-order valence-electron chi connectivity index (χ0n) is 17.4. The van der Waals surface area contributed by atoms with Crippen LogP contribution in [0.5, 0.6) is 0 Å². The lowest BCUT2D eigenvalue weighted by Gasteiger charge is -2.18. The summed E-state index contributed by atoms with van der Waals surface area (Å²) in [5.41, 5.74) is 4.08. The Bertz CT molecular complexity index is 824. The molecule has 0 aliphatic rings. The first kappa shape index (κ1) is 22.4. The van der Waals surface area contributed by atoms with Gasteiger partial charge >= 0.3 is 5.97 Å². The first-order chi connectivity index (χ1) is 14.0. The third kappa shape index (κ3) is 7.94. The molecule has 154 valence electrons. The zero-order chi connectivity index (χ0) is 21.1. The lowest BCUT2D eigenvalue weighted by atomic mass is 10.0. The number of benzene rings is 2. The summed E-state index contributed by atoms with van der Waals surface area (Å²) in [6.07, 6.45) is 9.08. The van der Waals surface area contributed by atoms with Crippen LogP contribution in [0.3, 0.4) is 0 Å². The standard InChI is InChI=1S/C25H31NO3/c1-3-4-5-6-7-11-24(27)26(2)19-21-9-8-10-23(18-21)22-15-12-20(13-16-22)14-17-25(28)29/h8-10,12-18H,3-7,11,19H2,1-2H3,(H,28,29). The molecular weight excluding hydrogens is 362 g/mol. The van der Waals surface area contributed by atoms with Gasteiger partial charge < -0.3 is 10.0 Å². The molecule has 4 heteroatoms. The maximum Gasteiger partial charge on any atom is 0.328 e. The third-order valence-corrected chi connectivity index (χ3v) is 4.93. The van der Waals surface area contributed by atoms with Gasteiger partial charge in [0.2, 0.25) is 5.91 Å². The smallest absolute Gasteiger partial charge is 0.328 e. The van der Waals surface area contributed by atoms with Crippen LogP contribution in [-0.2, 0) is 16.1 Å². The van der Waals surface area contributed by atoms with Crippen molar-refractivity contribution in [2.75, 3.05) is 7.05 Å². The van der Waals surface area contributed by atoms with Crippen molar-refractivity contribution in [2.45, 2.75) is 52.0 Å². The number of carbonyl (C=O) groups excluding carboxylic acids is 1. The van der Waals surface area contributed by atoms with Crippen molar-refractivity contribution in [1.82, 2.24) is 4.90 Å². The minimum absolute atomic E-state index is 0.196. The second kappa shape index (κ2) is 11.8. The van der Waals surface area contributed by atoms with Crippen molar-refractivity contribution in [3.05, 3.63) is 65.7 Å². The third-order valence-electron chi connectivity index (χ3n) is 4.93. The number of carbonyl (C=O) groups is 2. The average molecular weight is 394 g/mol. The van der Waals surface area contributed by atoms with Crippen LogP contribution in [0.1, 0.15) is 56.6 Å². The number of carboxylic acids is 1. The maximum absolute atomic E-state index is 12.4. The molecule has 1 N–H and O–H groups in total. The Hall–Kier alpha value is -2.88. The van der Waals surface area contributed by atoms with Crippen LogP contribution in [0.15, 0.2) is 54.6 Å². The predicted octanol–water partition coefficient (Wildman–Crippen LogP) is 5.77. The first-order valence-electron chi connectivity index (χ1n) is 10.3. The highest BCUT2D eigenvalue weighted by Gasteiger charge is 2.09. The van der Waals surface area contributed by atoms with Crippen LogP contribution in [-0.4, -0.2) is 28.9 Å². The summed E-state index contributed by atoms with van der Waals surface area (Å²) in [6.45, 7) is 2.79. The monoisotopic (exact) mass is 393 g/mol. The summed E-state index contributed by atoms with van der Waals surface area (Å²) in [5.74, 6) is -0.761. The molecule has 4 nitrogen and oxygen atoms in total. The second-order valence-corrected chi connectivity index (χ2v) is 7.41. The van der Waals surface area contributed by atoms with E-state index in [2.05, 4.69) is 13.0 Å². The van der Waals surface area contributed by atoms with Crippen molar-refractivity contribution in [2.24, 2.45) is 0 Å². The first-order valence-corrected chi connectivity index (χ1v) is 10.3. The fourth-order valence-corrected chi connectivity index (χ4v) is 3.24. The topological polar surface area (TPSA) is 57.6 Å². The molecule has 0 saturated carbocycles. The number of rotatable bonds is 11. The zero-order valence-corrected chi connectivity index (χ0v) is 17.4. The van der Waals surface area contributed by atoms with E-state index in [1.165, 1.54) is 19.3 Å². The molecule has 0 spiro atoms. The molecule has 0 aromatic heterocycles. The summed E-state index contributed by atoms with van der Waals surface area (Å²) in [7, 11) is 1.87. The van der Waals surface area contributed by atoms with Crippen LogP contribution in [0.25, 0.3) is 17.2 Å².